The van der Waals surface area contributed by atoms with Crippen molar-refractivity contribution in [3.8, 4) is 6.07 Å². The van der Waals surface area contributed by atoms with Crippen molar-refractivity contribution in [2.24, 2.45) is 0 Å². The smallest absolute Gasteiger partial charge is 0.0700 e. The molecule has 1 atom stereocenters. The Morgan fingerprint density at radius 1 is 1.50 bits per heavy atom. The molecule has 62 valence electrons. The number of aryl methyl sites for hydroxylation is 1. The van der Waals surface area contributed by atoms with Crippen LogP contribution in [0.15, 0.2) is 18.2 Å². The first-order valence-corrected chi connectivity index (χ1v) is 3.91. The summed E-state index contributed by atoms with van der Waals surface area (Å²) in [5, 5.41) is 8.66. The molecule has 0 heterocycles. The zero-order valence-corrected chi connectivity index (χ0v) is 7.33. The predicted octanol–water partition coefficient (Wildman–Crippen LogP) is 2.20. The predicted molar refractivity (Wildman–Crippen MR) is 49.6 cm³/mol. The van der Waals surface area contributed by atoms with Crippen molar-refractivity contribution in [1.82, 2.24) is 0 Å². The first kappa shape index (κ1) is 8.61. The van der Waals surface area contributed by atoms with Gasteiger partial charge in [0.1, 0.15) is 0 Å². The highest BCUT2D eigenvalue weighted by atomic mass is 14.6. The van der Waals surface area contributed by atoms with Crippen LogP contribution < -0.4 is 5.73 Å². The summed E-state index contributed by atoms with van der Waals surface area (Å²) >= 11 is 0. The van der Waals surface area contributed by atoms with E-state index in [0.717, 1.165) is 16.8 Å². The number of rotatable bonds is 1. The number of hydrogen-bond donors (Lipinski definition) is 1. The summed E-state index contributed by atoms with van der Waals surface area (Å²) in [5.41, 5.74) is 8.51. The van der Waals surface area contributed by atoms with Crippen molar-refractivity contribution in [1.29, 1.82) is 5.26 Å². The Morgan fingerprint density at radius 3 is 2.67 bits per heavy atom. The van der Waals surface area contributed by atoms with E-state index in [4.69, 9.17) is 11.0 Å². The maximum absolute atomic E-state index is 8.66. The zero-order valence-electron chi connectivity index (χ0n) is 7.33. The third-order valence-electron chi connectivity index (χ3n) is 2.00. The fourth-order valence-corrected chi connectivity index (χ4v) is 1.00. The number of hydrogen-bond acceptors (Lipinski definition) is 2. The fraction of sp³-hybridized carbons (Fsp3) is 0.300. The second-order valence-corrected chi connectivity index (χ2v) is 2.97. The van der Waals surface area contributed by atoms with Gasteiger partial charge in [0, 0.05) is 5.69 Å². The number of anilines is 1. The molecule has 0 saturated heterocycles. The van der Waals surface area contributed by atoms with Crippen LogP contribution in [0.4, 0.5) is 5.69 Å². The lowest BCUT2D eigenvalue weighted by Crippen LogP contribution is -1.94. The summed E-state index contributed by atoms with van der Waals surface area (Å²) in [5.74, 6) is -0.0760. The number of nitrogens with two attached hydrogens (primary N) is 1. The van der Waals surface area contributed by atoms with Crippen molar-refractivity contribution in [2.45, 2.75) is 19.8 Å². The van der Waals surface area contributed by atoms with Gasteiger partial charge in [-0.1, -0.05) is 12.1 Å². The Bertz CT molecular complexity index is 323. The second kappa shape index (κ2) is 3.27. The van der Waals surface area contributed by atoms with Crippen LogP contribution in [0.2, 0.25) is 0 Å². The van der Waals surface area contributed by atoms with Crippen LogP contribution in [0.5, 0.6) is 0 Å². The van der Waals surface area contributed by atoms with Crippen molar-refractivity contribution >= 4 is 5.69 Å². The van der Waals surface area contributed by atoms with Gasteiger partial charge >= 0.3 is 0 Å². The Morgan fingerprint density at radius 2 is 2.17 bits per heavy atom. The number of nitriles is 1. The minimum atomic E-state index is -0.0760. The van der Waals surface area contributed by atoms with Crippen LogP contribution in [-0.4, -0.2) is 0 Å². The first-order valence-electron chi connectivity index (χ1n) is 3.91. The van der Waals surface area contributed by atoms with Gasteiger partial charge in [0.15, 0.2) is 0 Å². The topological polar surface area (TPSA) is 49.8 Å². The molecular weight excluding hydrogens is 148 g/mol. The van der Waals surface area contributed by atoms with Crippen molar-refractivity contribution in [3.63, 3.8) is 0 Å². The molecule has 0 aliphatic rings. The molecule has 1 aromatic carbocycles. The summed E-state index contributed by atoms with van der Waals surface area (Å²) < 4.78 is 0. The minimum absolute atomic E-state index is 0.0760. The van der Waals surface area contributed by atoms with Gasteiger partial charge in [-0.15, -0.1) is 0 Å². The molecule has 12 heavy (non-hydrogen) atoms. The maximum Gasteiger partial charge on any atom is 0.0700 e. The van der Waals surface area contributed by atoms with E-state index in [1.54, 1.807) is 0 Å². The van der Waals surface area contributed by atoms with Gasteiger partial charge in [0.25, 0.3) is 0 Å². The van der Waals surface area contributed by atoms with E-state index in [1.165, 1.54) is 0 Å². The number of nitrogens with zero attached hydrogens (tertiary/aromatic N) is 1. The molecule has 1 unspecified atom stereocenters. The Labute approximate surface area is 72.6 Å². The van der Waals surface area contributed by atoms with Gasteiger partial charge in [0.05, 0.1) is 12.0 Å². The molecular formula is C10H12N2. The largest absolute Gasteiger partial charge is 0.399 e. The number of benzene rings is 1. The summed E-state index contributed by atoms with van der Waals surface area (Å²) in [6.45, 7) is 3.82. The molecule has 0 spiro atoms. The van der Waals surface area contributed by atoms with Crippen molar-refractivity contribution in [3.05, 3.63) is 29.3 Å². The molecule has 2 nitrogen and oxygen atoms in total. The minimum Gasteiger partial charge on any atom is -0.399 e. The fourth-order valence-electron chi connectivity index (χ4n) is 1.00. The lowest BCUT2D eigenvalue weighted by molar-refractivity contribution is 0.981. The Kier molecular flexibility index (Phi) is 2.35. The van der Waals surface area contributed by atoms with E-state index in [1.807, 2.05) is 32.0 Å². The summed E-state index contributed by atoms with van der Waals surface area (Å²) in [6.07, 6.45) is 0. The van der Waals surface area contributed by atoms with Crippen molar-refractivity contribution < 1.29 is 0 Å². The molecule has 0 amide bonds. The van der Waals surface area contributed by atoms with E-state index in [-0.39, 0.29) is 5.92 Å². The lowest BCUT2D eigenvalue weighted by Gasteiger charge is -2.05. The lowest BCUT2D eigenvalue weighted by atomic mass is 10.0. The molecule has 0 fully saturated rings. The Hall–Kier alpha value is -1.49. The molecule has 1 rings (SSSR count). The van der Waals surface area contributed by atoms with Crippen molar-refractivity contribution in [2.75, 3.05) is 5.73 Å². The van der Waals surface area contributed by atoms with E-state index in [9.17, 15) is 0 Å². The summed E-state index contributed by atoms with van der Waals surface area (Å²) in [6, 6.07) is 7.92. The zero-order chi connectivity index (χ0) is 9.14. The van der Waals surface area contributed by atoms with Gasteiger partial charge in [-0.25, -0.2) is 0 Å². The highest BCUT2D eigenvalue weighted by Gasteiger charge is 2.03. The van der Waals surface area contributed by atoms with E-state index >= 15 is 0 Å². The Balaban J connectivity index is 3.06. The molecule has 0 aliphatic carbocycles. The molecule has 0 radical (unpaired) electrons. The van der Waals surface area contributed by atoms with E-state index < -0.39 is 0 Å². The van der Waals surface area contributed by atoms with Gasteiger partial charge in [-0.2, -0.15) is 5.26 Å². The normalized spacial score (nSPS) is 12.1. The molecule has 0 aliphatic heterocycles. The van der Waals surface area contributed by atoms with Gasteiger partial charge < -0.3 is 5.73 Å². The quantitative estimate of drug-likeness (QED) is 0.640. The number of nitrogen functional groups attached to an aromatic ring is 1. The molecule has 0 aromatic heterocycles. The monoisotopic (exact) mass is 160 g/mol. The van der Waals surface area contributed by atoms with Crippen LogP contribution in [-0.2, 0) is 0 Å². The second-order valence-electron chi connectivity index (χ2n) is 2.97. The average molecular weight is 160 g/mol. The molecule has 2 N–H and O–H groups in total. The third kappa shape index (κ3) is 1.57. The van der Waals surface area contributed by atoms with E-state index in [0.29, 0.717) is 0 Å². The maximum atomic E-state index is 8.66. The molecule has 0 bridgehead atoms. The van der Waals surface area contributed by atoms with Gasteiger partial charge in [-0.3, -0.25) is 0 Å². The summed E-state index contributed by atoms with van der Waals surface area (Å²) in [7, 11) is 0. The molecule has 0 saturated carbocycles. The van der Waals surface area contributed by atoms with Crippen LogP contribution >= 0.6 is 0 Å². The summed E-state index contributed by atoms with van der Waals surface area (Å²) in [4.78, 5) is 0. The van der Waals surface area contributed by atoms with Crippen LogP contribution in [0.25, 0.3) is 0 Å². The van der Waals surface area contributed by atoms with Crippen LogP contribution in [0.3, 0.4) is 0 Å². The van der Waals surface area contributed by atoms with Gasteiger partial charge in [0.2, 0.25) is 0 Å². The molecule has 2 heteroatoms. The van der Waals surface area contributed by atoms with Crippen LogP contribution in [0.1, 0.15) is 24.0 Å². The first-order chi connectivity index (χ1) is 5.65. The van der Waals surface area contributed by atoms with Crippen LogP contribution in [0, 0.1) is 18.3 Å². The highest BCUT2D eigenvalue weighted by Crippen LogP contribution is 2.19. The van der Waals surface area contributed by atoms with Gasteiger partial charge in [-0.05, 0) is 31.0 Å². The average Bonchev–Trinajstić information content (AvgIpc) is 2.08. The molecule has 1 aromatic rings. The van der Waals surface area contributed by atoms with E-state index in [2.05, 4.69) is 6.07 Å². The SMILES string of the molecule is Cc1ccc(C(C)C#N)cc1N. The third-order valence-corrected chi connectivity index (χ3v) is 2.00. The highest BCUT2D eigenvalue weighted by molar-refractivity contribution is 5.49. The standard InChI is InChI=1S/C10H12N2/c1-7-3-4-9(5-10(7)12)8(2)6-11/h3-5,8H,12H2,1-2H3.